The Hall–Kier alpha value is -1.10. The Morgan fingerprint density at radius 3 is 2.61 bits per heavy atom. The van der Waals surface area contributed by atoms with Gasteiger partial charge in [-0.25, -0.2) is 9.07 Å². The van der Waals surface area contributed by atoms with E-state index in [2.05, 4.69) is 5.10 Å². The highest BCUT2D eigenvalue weighted by Crippen LogP contribution is 2.19. The van der Waals surface area contributed by atoms with Gasteiger partial charge in [-0.15, -0.1) is 0 Å². The van der Waals surface area contributed by atoms with Crippen LogP contribution in [0.25, 0.3) is 0 Å². The van der Waals surface area contributed by atoms with Gasteiger partial charge in [-0.2, -0.15) is 5.10 Å². The minimum absolute atomic E-state index is 0.0862. The maximum absolute atomic E-state index is 12.9. The van der Waals surface area contributed by atoms with E-state index < -0.39 is 11.4 Å². The number of benzene rings is 1. The van der Waals surface area contributed by atoms with Crippen molar-refractivity contribution >= 4 is 34.8 Å². The van der Waals surface area contributed by atoms with Crippen molar-refractivity contribution in [2.75, 3.05) is 0 Å². The van der Waals surface area contributed by atoms with Crippen molar-refractivity contribution in [3.63, 3.8) is 0 Å². The van der Waals surface area contributed by atoms with Crippen LogP contribution in [0.15, 0.2) is 29.2 Å². The minimum Gasteiger partial charge on any atom is -0.266 e. The third-order valence-corrected chi connectivity index (χ3v) is 3.38. The predicted molar refractivity (Wildman–Crippen MR) is 69.0 cm³/mol. The highest BCUT2D eigenvalue weighted by molar-refractivity contribution is 6.41. The van der Waals surface area contributed by atoms with E-state index >= 15 is 0 Å². The van der Waals surface area contributed by atoms with E-state index in [9.17, 15) is 9.18 Å². The molecule has 0 saturated heterocycles. The molecular formula is C11H6Cl3FN2O. The van der Waals surface area contributed by atoms with Gasteiger partial charge in [0.1, 0.15) is 10.8 Å². The second kappa shape index (κ2) is 5.26. The molecule has 0 aliphatic carbocycles. The van der Waals surface area contributed by atoms with E-state index in [1.54, 1.807) is 0 Å². The normalized spacial score (nSPS) is 10.7. The third kappa shape index (κ3) is 2.66. The van der Waals surface area contributed by atoms with E-state index in [1.807, 2.05) is 0 Å². The molecule has 0 atom stereocenters. The zero-order valence-corrected chi connectivity index (χ0v) is 11.1. The van der Waals surface area contributed by atoms with Crippen molar-refractivity contribution in [1.82, 2.24) is 9.78 Å². The molecule has 0 amide bonds. The van der Waals surface area contributed by atoms with Crippen LogP contribution in [0.3, 0.4) is 0 Å². The number of halogens is 4. The molecule has 2 rings (SSSR count). The van der Waals surface area contributed by atoms with Crippen molar-refractivity contribution in [3.8, 4) is 0 Å². The van der Waals surface area contributed by atoms with Crippen LogP contribution < -0.4 is 5.56 Å². The van der Waals surface area contributed by atoms with Crippen LogP contribution in [0.2, 0.25) is 15.1 Å². The summed E-state index contributed by atoms with van der Waals surface area (Å²) in [5.74, 6) is -0.446. The fourth-order valence-corrected chi connectivity index (χ4v) is 1.87. The van der Waals surface area contributed by atoms with Crippen LogP contribution in [0, 0.1) is 5.82 Å². The highest BCUT2D eigenvalue weighted by Gasteiger charge is 2.09. The first-order valence-corrected chi connectivity index (χ1v) is 5.97. The van der Waals surface area contributed by atoms with Crippen LogP contribution in [0.1, 0.15) is 5.56 Å². The molecule has 0 aliphatic rings. The molecule has 18 heavy (non-hydrogen) atoms. The van der Waals surface area contributed by atoms with E-state index in [0.717, 1.165) is 4.68 Å². The SMILES string of the molecule is O=c1c(Cl)c(Cl)cnn1Cc1ccc(F)cc1Cl. The lowest BCUT2D eigenvalue weighted by atomic mass is 10.2. The summed E-state index contributed by atoms with van der Waals surface area (Å²) in [4.78, 5) is 11.7. The molecule has 0 bridgehead atoms. The maximum atomic E-state index is 12.9. The maximum Gasteiger partial charge on any atom is 0.287 e. The summed E-state index contributed by atoms with van der Waals surface area (Å²) < 4.78 is 14.0. The molecule has 0 N–H and O–H groups in total. The van der Waals surface area contributed by atoms with Crippen LogP contribution in [0.4, 0.5) is 4.39 Å². The van der Waals surface area contributed by atoms with E-state index in [1.165, 1.54) is 24.4 Å². The fourth-order valence-electron chi connectivity index (χ4n) is 1.37. The summed E-state index contributed by atoms with van der Waals surface area (Å²) in [6.07, 6.45) is 1.27. The summed E-state index contributed by atoms with van der Waals surface area (Å²) in [7, 11) is 0. The number of rotatable bonds is 2. The summed E-state index contributed by atoms with van der Waals surface area (Å²) >= 11 is 17.2. The number of nitrogens with zero attached hydrogens (tertiary/aromatic N) is 2. The summed E-state index contributed by atoms with van der Waals surface area (Å²) in [5, 5.41) is 4.03. The van der Waals surface area contributed by atoms with Crippen LogP contribution in [-0.2, 0) is 6.54 Å². The van der Waals surface area contributed by atoms with Crippen molar-refractivity contribution in [3.05, 3.63) is 61.2 Å². The van der Waals surface area contributed by atoms with Crippen LogP contribution in [0.5, 0.6) is 0 Å². The van der Waals surface area contributed by atoms with E-state index in [4.69, 9.17) is 34.8 Å². The molecule has 1 aromatic carbocycles. The lowest BCUT2D eigenvalue weighted by Gasteiger charge is -2.07. The largest absolute Gasteiger partial charge is 0.287 e. The molecule has 7 heteroatoms. The monoisotopic (exact) mass is 306 g/mol. The summed E-state index contributed by atoms with van der Waals surface area (Å²) in [6.45, 7) is 0.0921. The first kappa shape index (κ1) is 13.3. The molecule has 0 aliphatic heterocycles. The highest BCUT2D eigenvalue weighted by atomic mass is 35.5. The average Bonchev–Trinajstić information content (AvgIpc) is 2.33. The Labute approximate surface area is 117 Å². The molecule has 0 spiro atoms. The van der Waals surface area contributed by atoms with Gasteiger partial charge in [-0.1, -0.05) is 40.9 Å². The Bertz CT molecular complexity index is 657. The Balaban J connectivity index is 2.41. The standard InChI is InChI=1S/C11H6Cl3FN2O/c12-8-3-7(15)2-1-6(8)5-17-11(18)10(14)9(13)4-16-17/h1-4H,5H2. The second-order valence-corrected chi connectivity index (χ2v) is 4.70. The van der Waals surface area contributed by atoms with Crippen molar-refractivity contribution in [1.29, 1.82) is 0 Å². The summed E-state index contributed by atoms with van der Waals surface area (Å²) in [6, 6.07) is 3.90. The average molecular weight is 308 g/mol. The second-order valence-electron chi connectivity index (χ2n) is 3.51. The fraction of sp³-hybridized carbons (Fsp3) is 0.0909. The quantitative estimate of drug-likeness (QED) is 0.852. The number of hydrogen-bond donors (Lipinski definition) is 0. The van der Waals surface area contributed by atoms with Crippen molar-refractivity contribution in [2.45, 2.75) is 6.54 Å². The van der Waals surface area contributed by atoms with Gasteiger partial charge >= 0.3 is 0 Å². The van der Waals surface area contributed by atoms with Gasteiger partial charge in [0.2, 0.25) is 0 Å². The predicted octanol–water partition coefficient (Wildman–Crippen LogP) is 3.39. The molecule has 0 radical (unpaired) electrons. The van der Waals surface area contributed by atoms with Gasteiger partial charge in [0.15, 0.2) is 0 Å². The van der Waals surface area contributed by atoms with Gasteiger partial charge in [-0.3, -0.25) is 4.79 Å². The zero-order valence-electron chi connectivity index (χ0n) is 8.83. The Morgan fingerprint density at radius 2 is 1.94 bits per heavy atom. The molecule has 0 fully saturated rings. The van der Waals surface area contributed by atoms with Crippen LogP contribution >= 0.6 is 34.8 Å². The van der Waals surface area contributed by atoms with Crippen LogP contribution in [-0.4, -0.2) is 9.78 Å². The topological polar surface area (TPSA) is 34.9 Å². The molecule has 0 unspecified atom stereocenters. The molecule has 1 aromatic heterocycles. The Kier molecular flexibility index (Phi) is 3.90. The molecule has 0 saturated carbocycles. The number of aromatic nitrogens is 2. The van der Waals surface area contributed by atoms with Crippen molar-refractivity contribution < 1.29 is 4.39 Å². The first-order valence-electron chi connectivity index (χ1n) is 4.84. The minimum atomic E-state index is -0.524. The molecule has 94 valence electrons. The van der Waals surface area contributed by atoms with Gasteiger partial charge < -0.3 is 0 Å². The van der Waals surface area contributed by atoms with Gasteiger partial charge in [0.25, 0.3) is 5.56 Å². The van der Waals surface area contributed by atoms with Crippen molar-refractivity contribution in [2.24, 2.45) is 0 Å². The Morgan fingerprint density at radius 1 is 1.22 bits per heavy atom. The smallest absolute Gasteiger partial charge is 0.266 e. The molecule has 1 heterocycles. The van der Waals surface area contributed by atoms with Gasteiger partial charge in [-0.05, 0) is 17.7 Å². The van der Waals surface area contributed by atoms with E-state index in [-0.39, 0.29) is 21.6 Å². The zero-order chi connectivity index (χ0) is 13.3. The number of hydrogen-bond acceptors (Lipinski definition) is 2. The first-order chi connectivity index (χ1) is 8.49. The molecule has 3 nitrogen and oxygen atoms in total. The van der Waals surface area contributed by atoms with Gasteiger partial charge in [0, 0.05) is 5.02 Å². The lowest BCUT2D eigenvalue weighted by molar-refractivity contribution is 0.619. The third-order valence-electron chi connectivity index (χ3n) is 2.28. The molecular weight excluding hydrogens is 301 g/mol. The summed E-state index contributed by atoms with van der Waals surface area (Å²) in [5.41, 5.74) is 0.0376. The lowest BCUT2D eigenvalue weighted by Crippen LogP contribution is -2.23. The van der Waals surface area contributed by atoms with Gasteiger partial charge in [0.05, 0.1) is 17.8 Å². The molecule has 2 aromatic rings. The van der Waals surface area contributed by atoms with E-state index in [0.29, 0.717) is 5.56 Å².